The van der Waals surface area contributed by atoms with Gasteiger partial charge in [0, 0.05) is 0 Å². The molecule has 1 aliphatic rings. The Hall–Kier alpha value is -0.00571. The molecule has 0 saturated carbocycles. The van der Waals surface area contributed by atoms with Gasteiger partial charge in [-0.1, -0.05) is 0 Å². The zero-order valence-electron chi connectivity index (χ0n) is 14.4. The van der Waals surface area contributed by atoms with E-state index in [0.29, 0.717) is 0 Å². The summed E-state index contributed by atoms with van der Waals surface area (Å²) in [6.45, 7) is 14.0. The van der Waals surface area contributed by atoms with Crippen molar-refractivity contribution < 1.29 is 44.0 Å². The molecule has 22 heavy (non-hydrogen) atoms. The topological polar surface area (TPSA) is 0 Å². The Kier molecular flexibility index (Phi) is 8.20. The number of benzene rings is 1. The summed E-state index contributed by atoms with van der Waals surface area (Å²) >= 11 is -0.209. The molecule has 0 atom stereocenters. The molecule has 0 saturated heterocycles. The largest absolute Gasteiger partial charge is 1.00 e. The summed E-state index contributed by atoms with van der Waals surface area (Å²) in [6.07, 6.45) is 8.01. The third-order valence-corrected chi connectivity index (χ3v) is 6.05. The number of halogens is 2. The summed E-state index contributed by atoms with van der Waals surface area (Å²) in [5.41, 5.74) is 3.56. The van der Waals surface area contributed by atoms with Crippen LogP contribution in [0.15, 0.2) is 40.3 Å². The first kappa shape index (κ1) is 22.0. The fraction of sp³-hybridized carbons (Fsp3) is 0.474. The molecule has 0 fully saturated rings. The number of hydrogen-bond donors (Lipinski definition) is 0. The van der Waals surface area contributed by atoms with Gasteiger partial charge in [0.25, 0.3) is 0 Å². The molecule has 0 amide bonds. The van der Waals surface area contributed by atoms with Gasteiger partial charge in [-0.05, 0) is 0 Å². The normalized spacial score (nSPS) is 13.8. The molecule has 2 rings (SSSR count). The van der Waals surface area contributed by atoms with Crippen molar-refractivity contribution in [1.29, 1.82) is 0 Å². The molecule has 0 nitrogen and oxygen atoms in total. The smallest absolute Gasteiger partial charge is 1.00 e. The van der Waals surface area contributed by atoms with Crippen LogP contribution in [0.25, 0.3) is 0 Å². The van der Waals surface area contributed by atoms with Gasteiger partial charge in [-0.15, -0.1) is 0 Å². The van der Waals surface area contributed by atoms with Crippen LogP contribution < -0.4 is 28.7 Å². The number of allylic oxidation sites excluding steroid dienone is 4. The van der Waals surface area contributed by atoms with Gasteiger partial charge < -0.3 is 24.8 Å². The molecule has 0 spiro atoms. The molecule has 0 radical (unpaired) electrons. The molecule has 120 valence electrons. The second-order valence-corrected chi connectivity index (χ2v) is 9.85. The van der Waals surface area contributed by atoms with E-state index in [1.54, 1.807) is 18.9 Å². The Morgan fingerprint density at radius 1 is 0.864 bits per heavy atom. The van der Waals surface area contributed by atoms with Crippen LogP contribution >= 0.6 is 0 Å². The summed E-state index contributed by atoms with van der Waals surface area (Å²) in [6, 6.07) is 6.94. The quantitative estimate of drug-likeness (QED) is 0.574. The van der Waals surface area contributed by atoms with E-state index in [9.17, 15) is 0 Å². The molecule has 0 heterocycles. The van der Waals surface area contributed by atoms with Crippen molar-refractivity contribution >= 4 is 3.87 Å². The molecule has 0 bridgehead atoms. The average molecular weight is 373 g/mol. The van der Waals surface area contributed by atoms with E-state index in [4.69, 9.17) is 0 Å². The van der Waals surface area contributed by atoms with Crippen LogP contribution in [-0.4, -0.2) is 0 Å². The zero-order chi connectivity index (χ0) is 15.0. The predicted molar refractivity (Wildman–Crippen MR) is 85.3 cm³/mol. The standard InChI is InChI=1S/C14H21.C5H5.2ClH.Ti/c1-13(2,3)11-8-7-9-12(10-11)14(4,5)6;1-2-4-5-3-1;;;/h7-9H,1-6H3;1-3H,4H2;2*1H;/q;;;;+2/p-2. The van der Waals surface area contributed by atoms with Crippen LogP contribution in [0.3, 0.4) is 0 Å². The summed E-state index contributed by atoms with van der Waals surface area (Å²) in [5.74, 6) is 0. The molecule has 1 aromatic carbocycles. The summed E-state index contributed by atoms with van der Waals surface area (Å²) in [7, 11) is 0. The second-order valence-electron chi connectivity index (χ2n) is 7.68. The average Bonchev–Trinajstić information content (AvgIpc) is 2.79. The minimum Gasteiger partial charge on any atom is -1.00 e. The number of rotatable bonds is 2. The summed E-state index contributed by atoms with van der Waals surface area (Å²) in [5, 5.41) is 0. The third-order valence-electron chi connectivity index (χ3n) is 3.74. The fourth-order valence-electron chi connectivity index (χ4n) is 2.64. The molecule has 0 unspecified atom stereocenters. The van der Waals surface area contributed by atoms with Crippen molar-refractivity contribution in [1.82, 2.24) is 0 Å². The van der Waals surface area contributed by atoms with Gasteiger partial charge in [0.15, 0.2) is 0 Å². The first-order valence-electron chi connectivity index (χ1n) is 7.46. The van der Waals surface area contributed by atoms with Crippen LogP contribution in [0.5, 0.6) is 0 Å². The first-order valence-corrected chi connectivity index (χ1v) is 9.02. The van der Waals surface area contributed by atoms with Gasteiger partial charge in [0.1, 0.15) is 0 Å². The fourth-order valence-corrected chi connectivity index (χ4v) is 5.61. The van der Waals surface area contributed by atoms with E-state index in [2.05, 4.69) is 78.0 Å². The second kappa shape index (κ2) is 8.20. The SMILES string of the molecule is CC(C)(C)c1cccc(C(C)(C)C)[c]1[Ti+2][C]1=CC=CC1.[Cl-].[Cl-]. The Morgan fingerprint density at radius 3 is 1.73 bits per heavy atom. The predicted octanol–water partition coefficient (Wildman–Crippen LogP) is -1.16. The minimum absolute atomic E-state index is 0. The third kappa shape index (κ3) is 5.27. The molecule has 3 heteroatoms. The summed E-state index contributed by atoms with van der Waals surface area (Å²) < 4.78 is 3.33. The van der Waals surface area contributed by atoms with Crippen molar-refractivity contribution in [2.75, 3.05) is 0 Å². The maximum absolute atomic E-state index is 2.34. The van der Waals surface area contributed by atoms with Gasteiger partial charge in [-0.2, -0.15) is 0 Å². The molecule has 0 N–H and O–H groups in total. The van der Waals surface area contributed by atoms with Crippen LogP contribution in [0.4, 0.5) is 0 Å². The van der Waals surface area contributed by atoms with Crippen molar-refractivity contribution in [3.8, 4) is 0 Å². The van der Waals surface area contributed by atoms with Crippen LogP contribution in [0.2, 0.25) is 0 Å². The summed E-state index contributed by atoms with van der Waals surface area (Å²) in [4.78, 5) is 0. The minimum atomic E-state index is -0.209. The van der Waals surface area contributed by atoms with E-state index in [1.807, 2.05) is 0 Å². The van der Waals surface area contributed by atoms with E-state index in [0.717, 1.165) is 0 Å². The Labute approximate surface area is 157 Å². The van der Waals surface area contributed by atoms with E-state index in [1.165, 1.54) is 6.42 Å². The van der Waals surface area contributed by atoms with E-state index >= 15 is 0 Å². The van der Waals surface area contributed by atoms with Gasteiger partial charge in [0.05, 0.1) is 0 Å². The van der Waals surface area contributed by atoms with Gasteiger partial charge in [-0.25, -0.2) is 0 Å². The molecule has 1 aliphatic carbocycles. The van der Waals surface area contributed by atoms with Crippen molar-refractivity contribution in [3.63, 3.8) is 0 Å². The maximum Gasteiger partial charge on any atom is -1.00 e. The van der Waals surface area contributed by atoms with Crippen molar-refractivity contribution in [2.24, 2.45) is 0 Å². The van der Waals surface area contributed by atoms with Crippen molar-refractivity contribution in [2.45, 2.75) is 58.8 Å². The Morgan fingerprint density at radius 2 is 1.36 bits per heavy atom. The first-order chi connectivity index (χ1) is 9.19. The molecular formula is C19H26Cl2Ti. The van der Waals surface area contributed by atoms with E-state index in [-0.39, 0.29) is 54.8 Å². The number of hydrogen-bond acceptors (Lipinski definition) is 0. The maximum atomic E-state index is 2.34. The van der Waals surface area contributed by atoms with Gasteiger partial charge in [0.2, 0.25) is 0 Å². The van der Waals surface area contributed by atoms with Crippen molar-refractivity contribution in [3.05, 3.63) is 51.4 Å². The Bertz CT molecular complexity index is 526. The van der Waals surface area contributed by atoms with Gasteiger partial charge >= 0.3 is 133 Å². The molecule has 0 aromatic heterocycles. The molecule has 0 aliphatic heterocycles. The monoisotopic (exact) mass is 372 g/mol. The van der Waals surface area contributed by atoms with Crippen LogP contribution in [0.1, 0.15) is 59.1 Å². The zero-order valence-corrected chi connectivity index (χ0v) is 17.5. The Balaban J connectivity index is 0.00000220. The van der Waals surface area contributed by atoms with Crippen LogP contribution in [0, 0.1) is 0 Å². The van der Waals surface area contributed by atoms with Gasteiger partial charge in [-0.3, -0.25) is 0 Å². The van der Waals surface area contributed by atoms with Crippen LogP contribution in [-0.2, 0) is 30.0 Å². The molecule has 1 aromatic rings. The molecular weight excluding hydrogens is 347 g/mol. The van der Waals surface area contributed by atoms with E-state index < -0.39 is 0 Å².